The minimum Gasteiger partial charge on any atom is -0.506 e. The van der Waals surface area contributed by atoms with Gasteiger partial charge in [0.1, 0.15) is 22.8 Å². The minimum absolute atomic E-state index is 0.0125. The Morgan fingerprint density at radius 3 is 2.10 bits per heavy atom. The third-order valence-corrected chi connectivity index (χ3v) is 11.5. The van der Waals surface area contributed by atoms with Crippen LogP contribution in [-0.2, 0) is 19.7 Å². The van der Waals surface area contributed by atoms with Crippen molar-refractivity contribution in [1.29, 1.82) is 0 Å². The molecule has 0 atom stereocenters. The Kier molecular flexibility index (Phi) is 10.3. The van der Waals surface area contributed by atoms with Crippen molar-refractivity contribution in [2.24, 2.45) is 20.5 Å². The summed E-state index contributed by atoms with van der Waals surface area (Å²) in [5.41, 5.74) is 2.72. The fraction of sp³-hybridized carbons (Fsp3) is 0.171. The summed E-state index contributed by atoms with van der Waals surface area (Å²) in [4.78, 5) is 13.0. The third-order valence-electron chi connectivity index (χ3n) is 7.87. The summed E-state index contributed by atoms with van der Waals surface area (Å²) in [5.74, 6) is -1.16. The third kappa shape index (κ3) is 7.48. The van der Waals surface area contributed by atoms with E-state index in [-0.39, 0.29) is 44.2 Å². The first-order valence-electron chi connectivity index (χ1n) is 15.4. The molecule has 0 aliphatic carbocycles. The number of nitrogens with one attached hydrogen (secondary N) is 2. The quantitative estimate of drug-likeness (QED) is 0.0979. The van der Waals surface area contributed by atoms with Crippen LogP contribution in [0.1, 0.15) is 29.8 Å². The van der Waals surface area contributed by atoms with E-state index in [0.717, 1.165) is 6.07 Å². The van der Waals surface area contributed by atoms with E-state index in [1.165, 1.54) is 31.2 Å². The average Bonchev–Trinajstić information content (AvgIpc) is 3.11. The number of anilines is 2. The fourth-order valence-corrected chi connectivity index (χ4v) is 7.09. The number of hydrogen-bond acceptors (Lipinski definition) is 12. The highest BCUT2D eigenvalue weighted by Gasteiger charge is 2.19. The Labute approximate surface area is 289 Å². The van der Waals surface area contributed by atoms with Gasteiger partial charge in [-0.1, -0.05) is 19.9 Å². The topological polar surface area (TPSA) is 199 Å². The number of amides is 1. The van der Waals surface area contributed by atoms with E-state index in [2.05, 4.69) is 31.1 Å². The lowest BCUT2D eigenvalue weighted by Crippen LogP contribution is -2.12. The average molecular weight is 715 g/mol. The highest BCUT2D eigenvalue weighted by Crippen LogP contribution is 2.43. The molecular weight excluding hydrogens is 681 g/mol. The second-order valence-electron chi connectivity index (χ2n) is 11.1. The predicted octanol–water partition coefficient (Wildman–Crippen LogP) is 8.27. The Bertz CT molecular complexity index is 2390. The van der Waals surface area contributed by atoms with Gasteiger partial charge in [-0.05, 0) is 85.3 Å². The Morgan fingerprint density at radius 1 is 0.740 bits per heavy atom. The van der Waals surface area contributed by atoms with Crippen molar-refractivity contribution in [2.45, 2.75) is 30.6 Å². The van der Waals surface area contributed by atoms with Crippen molar-refractivity contribution in [3.8, 4) is 11.5 Å². The predicted molar refractivity (Wildman–Crippen MR) is 193 cm³/mol. The number of phenols is 2. The van der Waals surface area contributed by atoms with Crippen molar-refractivity contribution in [3.63, 3.8) is 0 Å². The number of carbonyl (C=O) groups excluding carboxylic acids is 1. The molecule has 0 aromatic heterocycles. The molecule has 0 bridgehead atoms. The number of azo groups is 2. The molecule has 0 spiro atoms. The number of aromatic hydroxyl groups is 2. The van der Waals surface area contributed by atoms with Crippen LogP contribution in [-0.4, -0.2) is 51.5 Å². The summed E-state index contributed by atoms with van der Waals surface area (Å²) in [6.07, 6.45) is 0. The maximum absolute atomic E-state index is 12.8. The van der Waals surface area contributed by atoms with Crippen LogP contribution in [0.4, 0.5) is 34.1 Å². The number of carbonyl (C=O) groups is 1. The van der Waals surface area contributed by atoms with E-state index in [9.17, 15) is 31.8 Å². The number of aryl methyl sites for hydroxylation is 1. The molecule has 0 fully saturated rings. The number of hydrogen-bond donors (Lipinski definition) is 4. The molecule has 0 aliphatic rings. The molecule has 1 amide bonds. The van der Waals surface area contributed by atoms with Crippen molar-refractivity contribution < 1.29 is 31.8 Å². The molecule has 258 valence electrons. The molecule has 15 heteroatoms. The molecule has 5 rings (SSSR count). The molecular formula is C35H34N6O7S2. The molecule has 5 aromatic rings. The van der Waals surface area contributed by atoms with Crippen LogP contribution in [0, 0.1) is 6.92 Å². The van der Waals surface area contributed by atoms with Crippen LogP contribution in [0.5, 0.6) is 11.5 Å². The molecule has 50 heavy (non-hydrogen) atoms. The second-order valence-corrected chi connectivity index (χ2v) is 15.6. The number of nitrogens with zero attached hydrogens (tertiary/aromatic N) is 4. The van der Waals surface area contributed by atoms with E-state index in [0.29, 0.717) is 44.6 Å². The first-order chi connectivity index (χ1) is 23.8. The summed E-state index contributed by atoms with van der Waals surface area (Å²) in [7, 11) is -5.26. The fourth-order valence-electron chi connectivity index (χ4n) is 5.02. The van der Waals surface area contributed by atoms with Gasteiger partial charge in [0, 0.05) is 35.1 Å². The van der Waals surface area contributed by atoms with Crippen LogP contribution in [0.3, 0.4) is 0 Å². The van der Waals surface area contributed by atoms with Crippen LogP contribution in [0.2, 0.25) is 0 Å². The van der Waals surface area contributed by atoms with E-state index in [4.69, 9.17) is 0 Å². The lowest BCUT2D eigenvalue weighted by Gasteiger charge is -2.11. The zero-order chi connectivity index (χ0) is 36.2. The van der Waals surface area contributed by atoms with E-state index < -0.39 is 25.6 Å². The van der Waals surface area contributed by atoms with Gasteiger partial charge in [0.2, 0.25) is 0 Å². The summed E-state index contributed by atoms with van der Waals surface area (Å²) in [5, 5.41) is 45.2. The normalized spacial score (nSPS) is 12.2. The van der Waals surface area contributed by atoms with Crippen LogP contribution >= 0.6 is 0 Å². The van der Waals surface area contributed by atoms with Gasteiger partial charge < -0.3 is 20.8 Å². The number of sulfone groups is 2. The molecule has 0 radical (unpaired) electrons. The Morgan fingerprint density at radius 2 is 1.42 bits per heavy atom. The maximum atomic E-state index is 12.8. The molecule has 5 aromatic carbocycles. The van der Waals surface area contributed by atoms with Crippen molar-refractivity contribution in [3.05, 3.63) is 96.1 Å². The van der Waals surface area contributed by atoms with Crippen LogP contribution in [0.15, 0.2) is 115 Å². The molecule has 0 heterocycles. The van der Waals surface area contributed by atoms with Gasteiger partial charge in [-0.3, -0.25) is 4.79 Å². The molecule has 0 saturated carbocycles. The van der Waals surface area contributed by atoms with Crippen molar-refractivity contribution in [2.75, 3.05) is 29.2 Å². The minimum atomic E-state index is -3.55. The lowest BCUT2D eigenvalue weighted by molar-refractivity contribution is 0.102. The Balaban J connectivity index is 1.38. The first-order valence-corrected chi connectivity index (χ1v) is 18.7. The summed E-state index contributed by atoms with van der Waals surface area (Å²) in [6, 6.07) is 21.6. The summed E-state index contributed by atoms with van der Waals surface area (Å²) in [6.45, 7) is 4.67. The zero-order valence-electron chi connectivity index (χ0n) is 27.5. The van der Waals surface area contributed by atoms with E-state index in [1.54, 1.807) is 75.5 Å². The number of phenolic OH excluding ortho intramolecular Hbond substituents is 2. The van der Waals surface area contributed by atoms with E-state index in [1.807, 2.05) is 0 Å². The van der Waals surface area contributed by atoms with Crippen molar-refractivity contribution >= 4 is 70.5 Å². The second kappa shape index (κ2) is 14.4. The van der Waals surface area contributed by atoms with Gasteiger partial charge in [-0.2, -0.15) is 5.11 Å². The molecule has 13 nitrogen and oxygen atoms in total. The standard InChI is InChI=1S/C35H34N6O7S2/c1-5-49(45,46)25-9-7-8-24(19-25)37-35(44)22-10-12-23(13-11-22)38-41-33-26-14-17-29(34(43)27(26)15-16-28(33)36-4)39-40-30-18-21(3)32(20-31(30)42)50(47,48)6-2/h7-20,36,42-43H,5-6H2,1-4H3,(H,37,44)/b40-39+,41-38+. The molecule has 4 N–H and O–H groups in total. The number of fused-ring (bicyclic) bond motifs is 1. The highest BCUT2D eigenvalue weighted by atomic mass is 32.2. The SMILES string of the molecule is CCS(=O)(=O)c1cccc(NC(=O)c2ccc(/N=N/c3c(NC)ccc4c(O)c(/N=N/c5cc(C)c(S(=O)(=O)CC)cc5O)ccc34)cc2)c1. The van der Waals surface area contributed by atoms with Gasteiger partial charge in [0.05, 0.1) is 32.7 Å². The van der Waals surface area contributed by atoms with Crippen molar-refractivity contribution in [1.82, 2.24) is 0 Å². The Hall–Kier alpha value is -5.67. The lowest BCUT2D eigenvalue weighted by atomic mass is 10.1. The monoisotopic (exact) mass is 714 g/mol. The highest BCUT2D eigenvalue weighted by molar-refractivity contribution is 7.91. The number of benzene rings is 5. The van der Waals surface area contributed by atoms with Crippen LogP contribution in [0.25, 0.3) is 10.8 Å². The smallest absolute Gasteiger partial charge is 0.255 e. The van der Waals surface area contributed by atoms with E-state index >= 15 is 0 Å². The van der Waals surface area contributed by atoms with Gasteiger partial charge in [0.15, 0.2) is 25.4 Å². The van der Waals surface area contributed by atoms with Gasteiger partial charge >= 0.3 is 0 Å². The van der Waals surface area contributed by atoms with Crippen LogP contribution < -0.4 is 10.6 Å². The largest absolute Gasteiger partial charge is 0.506 e. The zero-order valence-corrected chi connectivity index (χ0v) is 29.2. The molecule has 0 saturated heterocycles. The summed E-state index contributed by atoms with van der Waals surface area (Å²) < 4.78 is 49.1. The first kappa shape index (κ1) is 35.6. The number of rotatable bonds is 11. The molecule has 0 unspecified atom stereocenters. The molecule has 0 aliphatic heterocycles. The maximum Gasteiger partial charge on any atom is 0.255 e. The summed E-state index contributed by atoms with van der Waals surface area (Å²) >= 11 is 0. The van der Waals surface area contributed by atoms with Gasteiger partial charge in [-0.15, -0.1) is 15.3 Å². The van der Waals surface area contributed by atoms with Gasteiger partial charge in [0.25, 0.3) is 5.91 Å². The van der Waals surface area contributed by atoms with Gasteiger partial charge in [-0.25, -0.2) is 16.8 Å².